The van der Waals surface area contributed by atoms with Gasteiger partial charge in [-0.25, -0.2) is 4.79 Å². The van der Waals surface area contributed by atoms with Crippen LogP contribution in [0.25, 0.3) is 11.1 Å². The number of amides is 1. The fraction of sp³-hybridized carbons (Fsp3) is 0.520. The molecule has 7 nitrogen and oxygen atoms in total. The molecule has 172 valence electrons. The van der Waals surface area contributed by atoms with Crippen LogP contribution in [0.2, 0.25) is 0 Å². The molecule has 2 aliphatic heterocycles. The lowest BCUT2D eigenvalue weighted by Crippen LogP contribution is -2.46. The summed E-state index contributed by atoms with van der Waals surface area (Å²) in [6.07, 6.45) is 4.37. The predicted octanol–water partition coefficient (Wildman–Crippen LogP) is 4.26. The first-order chi connectivity index (χ1) is 15.4. The third-order valence-corrected chi connectivity index (χ3v) is 6.48. The number of rotatable bonds is 7. The van der Waals surface area contributed by atoms with Gasteiger partial charge in [0.15, 0.2) is 5.79 Å². The van der Waals surface area contributed by atoms with E-state index in [1.54, 1.807) is 28.8 Å². The van der Waals surface area contributed by atoms with E-state index in [-0.39, 0.29) is 23.8 Å². The molecule has 3 heterocycles. The summed E-state index contributed by atoms with van der Waals surface area (Å²) < 4.78 is 19.1. The van der Waals surface area contributed by atoms with E-state index in [1.807, 2.05) is 37.3 Å². The fourth-order valence-electron chi connectivity index (χ4n) is 4.59. The summed E-state index contributed by atoms with van der Waals surface area (Å²) in [4.78, 5) is 26.5. The first-order valence-electron chi connectivity index (χ1n) is 11.4. The average molecular weight is 441 g/mol. The number of benzene rings is 1. The number of cyclic esters (lactones) is 1. The van der Waals surface area contributed by atoms with E-state index >= 15 is 0 Å². The zero-order chi connectivity index (χ0) is 22.7. The molecule has 0 radical (unpaired) electrons. The van der Waals surface area contributed by atoms with Crippen molar-refractivity contribution in [3.8, 4) is 11.1 Å². The van der Waals surface area contributed by atoms with E-state index in [1.165, 1.54) is 0 Å². The van der Waals surface area contributed by atoms with Crippen LogP contribution in [0.5, 0.6) is 0 Å². The maximum atomic E-state index is 12.8. The summed E-state index contributed by atoms with van der Waals surface area (Å²) in [5, 5.41) is 0. The molecule has 0 unspecified atom stereocenters. The number of carbonyl (C=O) groups is 1. The summed E-state index contributed by atoms with van der Waals surface area (Å²) in [6, 6.07) is 11.4. The minimum Gasteiger partial charge on any atom is -0.446 e. The van der Waals surface area contributed by atoms with Crippen molar-refractivity contribution in [1.82, 2.24) is 9.47 Å². The van der Waals surface area contributed by atoms with E-state index < -0.39 is 5.79 Å². The number of nitrogens with zero attached hydrogens (tertiary/aromatic N) is 2. The quantitative estimate of drug-likeness (QED) is 0.644. The molecule has 4 rings (SSSR count). The molecule has 1 amide bonds. The number of aromatic nitrogens is 1. The highest BCUT2D eigenvalue weighted by molar-refractivity contribution is 5.69. The number of aryl methyl sites for hydroxylation is 1. The van der Waals surface area contributed by atoms with Gasteiger partial charge in [-0.15, -0.1) is 0 Å². The van der Waals surface area contributed by atoms with Crippen LogP contribution in [0, 0.1) is 0 Å². The Morgan fingerprint density at radius 3 is 2.44 bits per heavy atom. The van der Waals surface area contributed by atoms with Crippen molar-refractivity contribution >= 4 is 6.09 Å². The van der Waals surface area contributed by atoms with Gasteiger partial charge in [0, 0.05) is 45.1 Å². The Hall–Kier alpha value is -2.64. The molecule has 2 saturated heterocycles. The Morgan fingerprint density at radius 2 is 1.81 bits per heavy atom. The standard InChI is InChI=1S/C25H32N2O5/c1-4-11-25(30-14-15-31-25)17-22-10-13-27(24(29)32-22)18(2)19-5-7-20(8-6-19)21-9-12-26(3)23(28)16-21/h5-9,12,16,18,22H,4,10-11,13-15,17H2,1-3H3/t18-,22-/m0/s1. The summed E-state index contributed by atoms with van der Waals surface area (Å²) in [5.41, 5.74) is 2.83. The van der Waals surface area contributed by atoms with Crippen molar-refractivity contribution in [1.29, 1.82) is 0 Å². The Bertz CT molecular complexity index is 994. The molecule has 0 saturated carbocycles. The first-order valence-corrected chi connectivity index (χ1v) is 11.4. The minimum atomic E-state index is -0.609. The molecular formula is C25H32N2O5. The Kier molecular flexibility index (Phi) is 6.67. The highest BCUT2D eigenvalue weighted by Crippen LogP contribution is 2.34. The van der Waals surface area contributed by atoms with E-state index in [9.17, 15) is 9.59 Å². The molecule has 2 aromatic rings. The number of hydrogen-bond donors (Lipinski definition) is 0. The average Bonchev–Trinajstić information content (AvgIpc) is 3.24. The van der Waals surface area contributed by atoms with Gasteiger partial charge in [0.1, 0.15) is 6.10 Å². The van der Waals surface area contributed by atoms with Crippen LogP contribution in [0.15, 0.2) is 47.4 Å². The largest absolute Gasteiger partial charge is 0.446 e. The van der Waals surface area contributed by atoms with Crippen LogP contribution in [0.1, 0.15) is 51.1 Å². The molecule has 0 aliphatic carbocycles. The van der Waals surface area contributed by atoms with Crippen LogP contribution in [-0.4, -0.2) is 47.2 Å². The topological polar surface area (TPSA) is 70.0 Å². The Labute approximate surface area is 188 Å². The first kappa shape index (κ1) is 22.6. The van der Waals surface area contributed by atoms with Gasteiger partial charge in [-0.3, -0.25) is 4.79 Å². The summed E-state index contributed by atoms with van der Waals surface area (Å²) in [7, 11) is 1.73. The van der Waals surface area contributed by atoms with Gasteiger partial charge in [0.25, 0.3) is 5.56 Å². The molecule has 1 aromatic carbocycles. The summed E-state index contributed by atoms with van der Waals surface area (Å²) >= 11 is 0. The van der Waals surface area contributed by atoms with Crippen molar-refractivity contribution in [2.24, 2.45) is 7.05 Å². The molecule has 2 atom stereocenters. The van der Waals surface area contributed by atoms with Gasteiger partial charge in [-0.1, -0.05) is 37.6 Å². The number of pyridine rings is 1. The molecule has 32 heavy (non-hydrogen) atoms. The molecule has 7 heteroatoms. The van der Waals surface area contributed by atoms with E-state index in [4.69, 9.17) is 14.2 Å². The van der Waals surface area contributed by atoms with Crippen molar-refractivity contribution in [3.63, 3.8) is 0 Å². The van der Waals surface area contributed by atoms with Gasteiger partial charge >= 0.3 is 6.09 Å². The number of hydrogen-bond acceptors (Lipinski definition) is 5. The normalized spacial score (nSPS) is 21.4. The molecular weight excluding hydrogens is 408 g/mol. The highest BCUT2D eigenvalue weighted by atomic mass is 16.7. The van der Waals surface area contributed by atoms with Gasteiger partial charge < -0.3 is 23.7 Å². The second kappa shape index (κ2) is 9.46. The molecule has 2 fully saturated rings. The lowest BCUT2D eigenvalue weighted by atomic mass is 9.98. The predicted molar refractivity (Wildman–Crippen MR) is 121 cm³/mol. The highest BCUT2D eigenvalue weighted by Gasteiger charge is 2.41. The molecule has 0 N–H and O–H groups in total. The third kappa shape index (κ3) is 4.74. The smallest absolute Gasteiger partial charge is 0.410 e. The van der Waals surface area contributed by atoms with Crippen LogP contribution < -0.4 is 5.56 Å². The molecule has 2 aliphatic rings. The maximum Gasteiger partial charge on any atom is 0.410 e. The maximum absolute atomic E-state index is 12.8. The fourth-order valence-corrected chi connectivity index (χ4v) is 4.59. The monoisotopic (exact) mass is 440 g/mol. The summed E-state index contributed by atoms with van der Waals surface area (Å²) in [5.74, 6) is -0.609. The van der Waals surface area contributed by atoms with Crippen LogP contribution in [0.3, 0.4) is 0 Å². The third-order valence-electron chi connectivity index (χ3n) is 6.48. The van der Waals surface area contributed by atoms with Gasteiger partial charge in [-0.2, -0.15) is 0 Å². The van der Waals surface area contributed by atoms with Crippen molar-refractivity contribution in [3.05, 3.63) is 58.5 Å². The van der Waals surface area contributed by atoms with E-state index in [2.05, 4.69) is 6.92 Å². The minimum absolute atomic E-state index is 0.0420. The second-order valence-corrected chi connectivity index (χ2v) is 8.71. The Morgan fingerprint density at radius 1 is 1.09 bits per heavy atom. The van der Waals surface area contributed by atoms with Gasteiger partial charge in [0.2, 0.25) is 0 Å². The number of ether oxygens (including phenoxy) is 3. The van der Waals surface area contributed by atoms with E-state index in [0.29, 0.717) is 26.2 Å². The zero-order valence-electron chi connectivity index (χ0n) is 19.1. The SMILES string of the molecule is CCCC1(C[C@@H]2CCN([C@@H](C)c3ccc(-c4ccn(C)c(=O)c4)cc3)C(=O)O2)OCCO1. The van der Waals surface area contributed by atoms with Crippen LogP contribution >= 0.6 is 0 Å². The lowest BCUT2D eigenvalue weighted by molar-refractivity contribution is -0.185. The van der Waals surface area contributed by atoms with Crippen LogP contribution in [-0.2, 0) is 21.3 Å². The van der Waals surface area contributed by atoms with Crippen LogP contribution in [0.4, 0.5) is 4.79 Å². The van der Waals surface area contributed by atoms with Gasteiger partial charge in [-0.05, 0) is 29.7 Å². The van der Waals surface area contributed by atoms with Crippen molar-refractivity contribution in [2.45, 2.75) is 57.5 Å². The lowest BCUT2D eigenvalue weighted by Gasteiger charge is -2.38. The van der Waals surface area contributed by atoms with Crippen molar-refractivity contribution < 1.29 is 19.0 Å². The molecule has 1 aromatic heterocycles. The summed E-state index contributed by atoms with van der Waals surface area (Å²) in [6.45, 7) is 5.93. The van der Waals surface area contributed by atoms with Crippen molar-refractivity contribution in [2.75, 3.05) is 19.8 Å². The van der Waals surface area contributed by atoms with Gasteiger partial charge in [0.05, 0.1) is 19.3 Å². The Balaban J connectivity index is 1.39. The molecule has 0 spiro atoms. The second-order valence-electron chi connectivity index (χ2n) is 8.71. The van der Waals surface area contributed by atoms with E-state index in [0.717, 1.165) is 36.0 Å². The zero-order valence-corrected chi connectivity index (χ0v) is 19.1. The number of carbonyl (C=O) groups excluding carboxylic acids is 1. The molecule has 0 bridgehead atoms.